The zero-order valence-electron chi connectivity index (χ0n) is 18.8. The minimum absolute atomic E-state index is 0.0103. The summed E-state index contributed by atoms with van der Waals surface area (Å²) in [5.41, 5.74) is -2.44. The average molecular weight is 434 g/mol. The molecule has 0 aliphatic heterocycles. The second kappa shape index (κ2) is 8.32. The van der Waals surface area contributed by atoms with E-state index in [1.165, 1.54) is 18.2 Å². The van der Waals surface area contributed by atoms with Crippen molar-refractivity contribution in [2.75, 3.05) is 0 Å². The van der Waals surface area contributed by atoms with Crippen molar-refractivity contribution in [3.05, 3.63) is 34.9 Å². The van der Waals surface area contributed by atoms with Crippen LogP contribution < -0.4 is 0 Å². The van der Waals surface area contributed by atoms with Gasteiger partial charge in [-0.2, -0.15) is 0 Å². The number of fused-ring (bicyclic) bond motifs is 1. The van der Waals surface area contributed by atoms with Gasteiger partial charge in [0.05, 0.1) is 12.0 Å². The van der Waals surface area contributed by atoms with Crippen LogP contribution in [0, 0.1) is 5.41 Å². The van der Waals surface area contributed by atoms with Crippen LogP contribution in [-0.4, -0.2) is 45.3 Å². The summed E-state index contributed by atoms with van der Waals surface area (Å²) in [7, 11) is 0. The maximum absolute atomic E-state index is 13.3. The zero-order valence-corrected chi connectivity index (χ0v) is 18.8. The molecule has 1 aromatic carbocycles. The van der Waals surface area contributed by atoms with Crippen LogP contribution in [-0.2, 0) is 30.3 Å². The molecule has 1 unspecified atom stereocenters. The number of ether oxygens (including phenoxy) is 2. The molecule has 0 radical (unpaired) electrons. The summed E-state index contributed by atoms with van der Waals surface area (Å²) in [5.74, 6) is -4.59. The van der Waals surface area contributed by atoms with E-state index in [2.05, 4.69) is 0 Å². The lowest BCUT2D eigenvalue weighted by molar-refractivity contribution is -0.187. The number of aliphatic carboxylic acids is 1. The molecule has 0 saturated heterocycles. The van der Waals surface area contributed by atoms with Gasteiger partial charge < -0.3 is 19.7 Å². The number of carboxylic acid groups (broad SMARTS) is 2. The number of carboxylic acids is 2. The van der Waals surface area contributed by atoms with E-state index in [1.807, 2.05) is 0 Å². The minimum Gasteiger partial charge on any atom is -0.481 e. The van der Waals surface area contributed by atoms with Crippen LogP contribution in [0.3, 0.4) is 0 Å². The van der Waals surface area contributed by atoms with Crippen LogP contribution >= 0.6 is 0 Å². The third-order valence-electron chi connectivity index (χ3n) is 4.92. The van der Waals surface area contributed by atoms with Gasteiger partial charge in [0.1, 0.15) is 11.2 Å². The van der Waals surface area contributed by atoms with Gasteiger partial charge in [0.25, 0.3) is 0 Å². The van der Waals surface area contributed by atoms with Gasteiger partial charge in [-0.05, 0) is 83.6 Å². The predicted octanol–water partition coefficient (Wildman–Crippen LogP) is 3.56. The molecule has 2 rings (SSSR count). The molecule has 0 spiro atoms. The first-order chi connectivity index (χ1) is 14.0. The molecule has 0 bridgehead atoms. The molecule has 2 N–H and O–H groups in total. The fourth-order valence-electron chi connectivity index (χ4n) is 3.74. The lowest BCUT2D eigenvalue weighted by Crippen LogP contribution is -2.50. The molecule has 8 nitrogen and oxygen atoms in total. The standard InChI is InChI=1S/C23H30O8/c1-21(2,3)30-19(28)23(20(29)31-22(4,5)6)11-14-8-7-13(18(26)27)9-16(14)15(12-23)10-17(24)25/h7-9,15H,10-12H2,1-6H3,(H,24,25)(H,26,27). The fourth-order valence-corrected chi connectivity index (χ4v) is 3.74. The van der Waals surface area contributed by atoms with E-state index >= 15 is 0 Å². The highest BCUT2D eigenvalue weighted by Gasteiger charge is 2.55. The monoisotopic (exact) mass is 434 g/mol. The Hall–Kier alpha value is -2.90. The second-order valence-electron chi connectivity index (χ2n) is 9.98. The van der Waals surface area contributed by atoms with Crippen LogP contribution in [0.1, 0.15) is 81.8 Å². The molecule has 8 heteroatoms. The smallest absolute Gasteiger partial charge is 0.335 e. The fraction of sp³-hybridized carbons (Fsp3) is 0.565. The third-order valence-corrected chi connectivity index (χ3v) is 4.92. The molecular weight excluding hydrogens is 404 g/mol. The van der Waals surface area contributed by atoms with Crippen molar-refractivity contribution < 1.29 is 38.9 Å². The van der Waals surface area contributed by atoms with E-state index in [0.717, 1.165) is 0 Å². The zero-order chi connectivity index (χ0) is 23.8. The molecule has 0 fully saturated rings. The Labute approximate surface area is 181 Å². The summed E-state index contributed by atoms with van der Waals surface area (Å²) >= 11 is 0. The Bertz CT molecular complexity index is 873. The van der Waals surface area contributed by atoms with Crippen LogP contribution in [0.4, 0.5) is 0 Å². The number of esters is 2. The maximum atomic E-state index is 13.3. The van der Waals surface area contributed by atoms with Crippen LogP contribution in [0.15, 0.2) is 18.2 Å². The van der Waals surface area contributed by atoms with Crippen LogP contribution in [0.25, 0.3) is 0 Å². The minimum atomic E-state index is -1.74. The topological polar surface area (TPSA) is 127 Å². The van der Waals surface area contributed by atoms with Crippen molar-refractivity contribution in [1.29, 1.82) is 0 Å². The number of carbonyl (C=O) groups excluding carboxylic acids is 2. The molecule has 31 heavy (non-hydrogen) atoms. The average Bonchev–Trinajstić information content (AvgIpc) is 2.57. The van der Waals surface area contributed by atoms with Crippen LogP contribution in [0.5, 0.6) is 0 Å². The van der Waals surface area contributed by atoms with Crippen LogP contribution in [0.2, 0.25) is 0 Å². The molecule has 0 saturated carbocycles. The summed E-state index contributed by atoms with van der Waals surface area (Å²) < 4.78 is 11.1. The lowest BCUT2D eigenvalue weighted by Gasteiger charge is -2.40. The molecule has 0 aromatic heterocycles. The van der Waals surface area contributed by atoms with E-state index in [-0.39, 0.29) is 24.8 Å². The van der Waals surface area contributed by atoms with Crippen molar-refractivity contribution in [3.63, 3.8) is 0 Å². The first-order valence-corrected chi connectivity index (χ1v) is 10.1. The van der Waals surface area contributed by atoms with E-state index in [1.54, 1.807) is 41.5 Å². The maximum Gasteiger partial charge on any atom is 0.335 e. The summed E-state index contributed by atoms with van der Waals surface area (Å²) in [5, 5.41) is 18.8. The van der Waals surface area contributed by atoms with Crippen molar-refractivity contribution >= 4 is 23.9 Å². The van der Waals surface area contributed by atoms with Gasteiger partial charge in [0, 0.05) is 0 Å². The Morgan fingerprint density at radius 3 is 1.90 bits per heavy atom. The van der Waals surface area contributed by atoms with Gasteiger partial charge in [-0.25, -0.2) is 4.79 Å². The number of hydrogen-bond donors (Lipinski definition) is 2. The van der Waals surface area contributed by atoms with E-state index in [0.29, 0.717) is 11.1 Å². The highest BCUT2D eigenvalue weighted by Crippen LogP contribution is 2.47. The first-order valence-electron chi connectivity index (χ1n) is 10.1. The SMILES string of the molecule is CC(C)(C)OC(=O)C1(C(=O)OC(C)(C)C)Cc2ccc(C(=O)O)cc2C(CC(=O)O)C1. The lowest BCUT2D eigenvalue weighted by atomic mass is 9.65. The second-order valence-corrected chi connectivity index (χ2v) is 9.98. The summed E-state index contributed by atoms with van der Waals surface area (Å²) in [4.78, 5) is 49.6. The van der Waals surface area contributed by atoms with Gasteiger partial charge in [-0.15, -0.1) is 0 Å². The van der Waals surface area contributed by atoms with E-state index in [4.69, 9.17) is 9.47 Å². The number of rotatable bonds is 5. The molecule has 1 atom stereocenters. The molecular formula is C23H30O8. The number of hydrogen-bond acceptors (Lipinski definition) is 6. The molecule has 1 aromatic rings. The van der Waals surface area contributed by atoms with E-state index in [9.17, 15) is 29.4 Å². The Morgan fingerprint density at radius 2 is 1.48 bits per heavy atom. The molecule has 1 aliphatic carbocycles. The van der Waals surface area contributed by atoms with Gasteiger partial charge in [-0.3, -0.25) is 14.4 Å². The highest BCUT2D eigenvalue weighted by atomic mass is 16.6. The summed E-state index contributed by atoms with van der Waals surface area (Å²) in [6.45, 7) is 10.1. The van der Waals surface area contributed by atoms with Crippen molar-refractivity contribution in [3.8, 4) is 0 Å². The van der Waals surface area contributed by atoms with Gasteiger partial charge in [0.15, 0.2) is 5.41 Å². The number of aromatic carboxylic acids is 1. The van der Waals surface area contributed by atoms with Gasteiger partial charge in [-0.1, -0.05) is 6.07 Å². The molecule has 0 heterocycles. The Balaban J connectivity index is 2.64. The molecule has 170 valence electrons. The quantitative estimate of drug-likeness (QED) is 0.532. The normalized spacial score (nSPS) is 17.9. The van der Waals surface area contributed by atoms with E-state index < -0.39 is 46.4 Å². The number of benzene rings is 1. The number of carbonyl (C=O) groups is 4. The Morgan fingerprint density at radius 1 is 0.968 bits per heavy atom. The summed E-state index contributed by atoms with van der Waals surface area (Å²) in [6.07, 6.45) is -0.592. The van der Waals surface area contributed by atoms with Crippen molar-refractivity contribution in [2.45, 2.75) is 77.9 Å². The van der Waals surface area contributed by atoms with Crippen molar-refractivity contribution in [2.24, 2.45) is 5.41 Å². The predicted molar refractivity (Wildman–Crippen MR) is 111 cm³/mol. The van der Waals surface area contributed by atoms with Gasteiger partial charge in [0.2, 0.25) is 0 Å². The molecule has 0 amide bonds. The highest BCUT2D eigenvalue weighted by molar-refractivity contribution is 6.01. The first kappa shape index (κ1) is 24.4. The molecule has 1 aliphatic rings. The largest absolute Gasteiger partial charge is 0.481 e. The third kappa shape index (κ3) is 5.83. The Kier molecular flexibility index (Phi) is 6.54. The van der Waals surface area contributed by atoms with Gasteiger partial charge >= 0.3 is 23.9 Å². The van der Waals surface area contributed by atoms with Crippen molar-refractivity contribution in [1.82, 2.24) is 0 Å². The summed E-state index contributed by atoms with van der Waals surface area (Å²) in [6, 6.07) is 4.31.